The third-order valence-corrected chi connectivity index (χ3v) is 5.76. The number of amides is 2. The van der Waals surface area contributed by atoms with Crippen molar-refractivity contribution in [2.24, 2.45) is 4.99 Å². The minimum Gasteiger partial charge on any atom is -0.466 e. The van der Waals surface area contributed by atoms with Gasteiger partial charge in [0.1, 0.15) is 11.6 Å². The molecule has 2 aliphatic heterocycles. The molecule has 6 nitrogen and oxygen atoms in total. The average Bonchev–Trinajstić information content (AvgIpc) is 2.71. The summed E-state index contributed by atoms with van der Waals surface area (Å²) in [6.07, 6.45) is -4.66. The Hall–Kier alpha value is -3.14. The van der Waals surface area contributed by atoms with Gasteiger partial charge in [0.2, 0.25) is 6.23 Å². The predicted octanol–water partition coefficient (Wildman–Crippen LogP) is 5.15. The van der Waals surface area contributed by atoms with Gasteiger partial charge < -0.3 is 20.1 Å². The number of anilines is 1. The third-order valence-electron chi connectivity index (χ3n) is 5.76. The summed E-state index contributed by atoms with van der Waals surface area (Å²) in [5.41, 5.74) is -1.38. The fourth-order valence-corrected chi connectivity index (χ4v) is 3.93. The summed E-state index contributed by atoms with van der Waals surface area (Å²) in [6.45, 7) is 1.80. The lowest BCUT2D eigenvalue weighted by Gasteiger charge is -2.44. The van der Waals surface area contributed by atoms with Gasteiger partial charge in [0, 0.05) is 23.4 Å². The second-order valence-electron chi connectivity index (χ2n) is 8.04. The number of carbonyl (C=O) groups excluding carboxylic acids is 1. The molecule has 1 saturated heterocycles. The molecule has 3 atom stereocenters. The highest BCUT2D eigenvalue weighted by Gasteiger charge is 2.62. The number of alkyl halides is 3. The minimum absolute atomic E-state index is 0.00225. The first-order valence-corrected chi connectivity index (χ1v) is 10.5. The third kappa shape index (κ3) is 4.80. The van der Waals surface area contributed by atoms with Gasteiger partial charge in [0.25, 0.3) is 0 Å². The highest BCUT2D eigenvalue weighted by Crippen LogP contribution is 2.52. The summed E-state index contributed by atoms with van der Waals surface area (Å²) in [4.78, 5) is 16.9. The first kappa shape index (κ1) is 23.0. The summed E-state index contributed by atoms with van der Waals surface area (Å²) in [7, 11) is 0. The van der Waals surface area contributed by atoms with Gasteiger partial charge in [-0.05, 0) is 50.1 Å². The molecule has 0 radical (unpaired) electrons. The number of hydrogen-bond donors (Lipinski definition) is 2. The summed E-state index contributed by atoms with van der Waals surface area (Å²) in [5, 5.41) is 5.36. The molecular formula is C23H23F4N3O3. The highest BCUT2D eigenvalue weighted by molar-refractivity contribution is 5.89. The van der Waals surface area contributed by atoms with E-state index in [0.717, 1.165) is 5.71 Å². The zero-order valence-electron chi connectivity index (χ0n) is 17.8. The van der Waals surface area contributed by atoms with Crippen LogP contribution in [-0.4, -0.2) is 36.8 Å². The van der Waals surface area contributed by atoms with Crippen LogP contribution in [0.5, 0.6) is 5.75 Å². The van der Waals surface area contributed by atoms with E-state index < -0.39 is 35.9 Å². The lowest BCUT2D eigenvalue weighted by molar-refractivity contribution is -0.334. The Labute approximate surface area is 188 Å². The number of halogens is 4. The van der Waals surface area contributed by atoms with Crippen LogP contribution in [0.25, 0.3) is 0 Å². The standard InChI is InChI=1S/C23H23F4N3O3/c1-14-6-11-18(30-21(31)29-16-9-7-15(24)8-10-16)20(28-14)33-19-5-3-2-4-17(19)22(12-13-32-22)23(25,26)27/h2-5,7-10,18,20H,6,11-13H2,1H3,(H2,29,30,31). The molecule has 0 bridgehead atoms. The van der Waals surface area contributed by atoms with E-state index in [4.69, 9.17) is 9.47 Å². The molecule has 0 aromatic heterocycles. The molecule has 10 heteroatoms. The van der Waals surface area contributed by atoms with Gasteiger partial charge in [-0.25, -0.2) is 14.2 Å². The SMILES string of the molecule is CC1=NC(Oc2ccccc2C2(C(F)(F)F)CCO2)C(NC(=O)Nc2ccc(F)cc2)CC1. The van der Waals surface area contributed by atoms with Gasteiger partial charge >= 0.3 is 12.2 Å². The number of ether oxygens (including phenoxy) is 2. The maximum atomic E-state index is 13.8. The van der Waals surface area contributed by atoms with Gasteiger partial charge in [-0.2, -0.15) is 13.2 Å². The van der Waals surface area contributed by atoms with Crippen molar-refractivity contribution in [3.8, 4) is 5.75 Å². The molecule has 0 spiro atoms. The molecule has 2 aromatic rings. The number of benzene rings is 2. The van der Waals surface area contributed by atoms with Crippen molar-refractivity contribution >= 4 is 17.4 Å². The number of aliphatic imine (C=N–C) groups is 1. The Morgan fingerprint density at radius 1 is 1.18 bits per heavy atom. The number of hydrogen-bond acceptors (Lipinski definition) is 4. The fourth-order valence-electron chi connectivity index (χ4n) is 3.93. The van der Waals surface area contributed by atoms with E-state index in [0.29, 0.717) is 18.5 Å². The van der Waals surface area contributed by atoms with Crippen molar-refractivity contribution in [1.29, 1.82) is 0 Å². The topological polar surface area (TPSA) is 72.0 Å². The van der Waals surface area contributed by atoms with Crippen LogP contribution in [0.15, 0.2) is 53.5 Å². The molecule has 0 aliphatic carbocycles. The van der Waals surface area contributed by atoms with Crippen LogP contribution < -0.4 is 15.4 Å². The van der Waals surface area contributed by atoms with Gasteiger partial charge in [0.15, 0.2) is 5.60 Å². The maximum Gasteiger partial charge on any atom is 0.421 e. The molecule has 2 heterocycles. The first-order valence-electron chi connectivity index (χ1n) is 10.5. The number of para-hydroxylation sites is 1. The smallest absolute Gasteiger partial charge is 0.421 e. The van der Waals surface area contributed by atoms with Crippen molar-refractivity contribution in [3.05, 3.63) is 59.9 Å². The maximum absolute atomic E-state index is 13.8. The molecule has 2 aromatic carbocycles. The Morgan fingerprint density at radius 3 is 2.52 bits per heavy atom. The summed E-state index contributed by atoms with van der Waals surface area (Å²) in [6, 6.07) is 9.96. The largest absolute Gasteiger partial charge is 0.466 e. The monoisotopic (exact) mass is 465 g/mol. The Morgan fingerprint density at radius 2 is 1.88 bits per heavy atom. The molecule has 4 rings (SSSR count). The molecule has 2 amide bonds. The molecule has 176 valence electrons. The van der Waals surface area contributed by atoms with Crippen LogP contribution in [0.4, 0.5) is 28.0 Å². The van der Waals surface area contributed by atoms with Crippen molar-refractivity contribution < 1.29 is 31.8 Å². The number of nitrogens with one attached hydrogen (secondary N) is 2. The molecule has 2 N–H and O–H groups in total. The minimum atomic E-state index is -4.61. The van der Waals surface area contributed by atoms with Crippen LogP contribution in [0.1, 0.15) is 31.7 Å². The van der Waals surface area contributed by atoms with Crippen LogP contribution >= 0.6 is 0 Å². The second kappa shape index (κ2) is 9.01. The van der Waals surface area contributed by atoms with Crippen LogP contribution in [-0.2, 0) is 10.3 Å². The normalized spacial score (nSPS) is 24.9. The lowest BCUT2D eigenvalue weighted by atomic mass is 9.85. The average molecular weight is 465 g/mol. The van der Waals surface area contributed by atoms with Gasteiger partial charge in [-0.15, -0.1) is 0 Å². The number of urea groups is 1. The Bertz CT molecular complexity index is 1040. The molecule has 33 heavy (non-hydrogen) atoms. The number of carbonyl (C=O) groups is 1. The first-order chi connectivity index (χ1) is 15.7. The van der Waals surface area contributed by atoms with Crippen LogP contribution in [0.2, 0.25) is 0 Å². The van der Waals surface area contributed by atoms with Crippen molar-refractivity contribution in [1.82, 2.24) is 5.32 Å². The van der Waals surface area contributed by atoms with Crippen LogP contribution in [0.3, 0.4) is 0 Å². The van der Waals surface area contributed by atoms with Crippen molar-refractivity contribution in [2.75, 3.05) is 11.9 Å². The van der Waals surface area contributed by atoms with Crippen molar-refractivity contribution in [2.45, 2.75) is 50.2 Å². The molecular weight excluding hydrogens is 442 g/mol. The number of nitrogens with zero attached hydrogens (tertiary/aromatic N) is 1. The summed E-state index contributed by atoms with van der Waals surface area (Å²) >= 11 is 0. The Kier molecular flexibility index (Phi) is 6.29. The molecule has 0 saturated carbocycles. The van der Waals surface area contributed by atoms with E-state index in [1.165, 1.54) is 42.5 Å². The zero-order chi connectivity index (χ0) is 23.6. The van der Waals surface area contributed by atoms with Gasteiger partial charge in [-0.3, -0.25) is 0 Å². The fraction of sp³-hybridized carbons (Fsp3) is 0.391. The van der Waals surface area contributed by atoms with E-state index in [1.54, 1.807) is 13.0 Å². The quantitative estimate of drug-likeness (QED) is 0.600. The highest BCUT2D eigenvalue weighted by atomic mass is 19.4. The second-order valence-corrected chi connectivity index (χ2v) is 8.04. The molecule has 2 aliphatic rings. The van der Waals surface area contributed by atoms with E-state index in [-0.39, 0.29) is 24.3 Å². The van der Waals surface area contributed by atoms with Crippen LogP contribution in [0, 0.1) is 5.82 Å². The zero-order valence-corrected chi connectivity index (χ0v) is 17.8. The molecule has 1 fully saturated rings. The summed E-state index contributed by atoms with van der Waals surface area (Å²) < 4.78 is 65.6. The van der Waals surface area contributed by atoms with Gasteiger partial charge in [-0.1, -0.05) is 18.2 Å². The van der Waals surface area contributed by atoms with E-state index >= 15 is 0 Å². The molecule has 3 unspecified atom stereocenters. The van der Waals surface area contributed by atoms with E-state index in [1.807, 2.05) is 0 Å². The van der Waals surface area contributed by atoms with E-state index in [9.17, 15) is 22.4 Å². The number of rotatable bonds is 5. The van der Waals surface area contributed by atoms with Crippen molar-refractivity contribution in [3.63, 3.8) is 0 Å². The van der Waals surface area contributed by atoms with Gasteiger partial charge in [0.05, 0.1) is 12.6 Å². The Balaban J connectivity index is 1.53. The predicted molar refractivity (Wildman–Crippen MR) is 114 cm³/mol. The summed E-state index contributed by atoms with van der Waals surface area (Å²) in [5.74, 6) is -0.430. The lowest BCUT2D eigenvalue weighted by Crippen LogP contribution is -2.53. The van der Waals surface area contributed by atoms with E-state index in [2.05, 4.69) is 15.6 Å².